The van der Waals surface area contributed by atoms with E-state index in [2.05, 4.69) is 32.5 Å². The molecule has 6 nitrogen and oxygen atoms in total. The van der Waals surface area contributed by atoms with Crippen LogP contribution in [-0.2, 0) is 6.54 Å². The van der Waals surface area contributed by atoms with Gasteiger partial charge in [-0.1, -0.05) is 13.0 Å². The van der Waals surface area contributed by atoms with Gasteiger partial charge in [-0.3, -0.25) is 4.98 Å². The SMILES string of the molecule is CCCNc1cn2ccnc2c(NCc2cccnc2)n1. The number of hydrogen-bond acceptors (Lipinski definition) is 5. The molecule has 0 aliphatic carbocycles. The summed E-state index contributed by atoms with van der Waals surface area (Å²) in [5.74, 6) is 1.61. The Hall–Kier alpha value is -2.63. The van der Waals surface area contributed by atoms with E-state index in [1.807, 2.05) is 35.1 Å². The lowest BCUT2D eigenvalue weighted by atomic mass is 10.3. The summed E-state index contributed by atoms with van der Waals surface area (Å²) in [5.41, 5.74) is 1.93. The third-order valence-corrected chi connectivity index (χ3v) is 3.11. The van der Waals surface area contributed by atoms with Crippen LogP contribution >= 0.6 is 0 Å². The van der Waals surface area contributed by atoms with Crippen LogP contribution in [-0.4, -0.2) is 25.9 Å². The van der Waals surface area contributed by atoms with E-state index >= 15 is 0 Å². The molecular formula is C15H18N6. The summed E-state index contributed by atoms with van der Waals surface area (Å²) in [7, 11) is 0. The Bertz CT molecular complexity index is 707. The van der Waals surface area contributed by atoms with Crippen molar-refractivity contribution in [3.63, 3.8) is 0 Å². The minimum absolute atomic E-state index is 0.667. The van der Waals surface area contributed by atoms with Crippen LogP contribution in [0.4, 0.5) is 11.6 Å². The zero-order valence-corrected chi connectivity index (χ0v) is 12.0. The van der Waals surface area contributed by atoms with Crippen molar-refractivity contribution in [1.82, 2.24) is 19.4 Å². The molecule has 108 valence electrons. The van der Waals surface area contributed by atoms with Gasteiger partial charge in [0.15, 0.2) is 11.5 Å². The predicted molar refractivity (Wildman–Crippen MR) is 83.3 cm³/mol. The minimum Gasteiger partial charge on any atom is -0.369 e. The topological polar surface area (TPSA) is 67.1 Å². The summed E-state index contributed by atoms with van der Waals surface area (Å²) in [5, 5.41) is 6.64. The molecular weight excluding hydrogens is 264 g/mol. The lowest BCUT2D eigenvalue weighted by Gasteiger charge is -2.10. The lowest BCUT2D eigenvalue weighted by molar-refractivity contribution is 0.959. The highest BCUT2D eigenvalue weighted by Crippen LogP contribution is 2.17. The van der Waals surface area contributed by atoms with Gasteiger partial charge in [0.1, 0.15) is 5.82 Å². The van der Waals surface area contributed by atoms with E-state index in [-0.39, 0.29) is 0 Å². The van der Waals surface area contributed by atoms with E-state index < -0.39 is 0 Å². The number of pyridine rings is 1. The van der Waals surface area contributed by atoms with Gasteiger partial charge in [-0.15, -0.1) is 0 Å². The van der Waals surface area contributed by atoms with Gasteiger partial charge in [-0.25, -0.2) is 9.97 Å². The number of nitrogens with zero attached hydrogens (tertiary/aromatic N) is 4. The first-order valence-electron chi connectivity index (χ1n) is 7.07. The van der Waals surface area contributed by atoms with Crippen molar-refractivity contribution >= 4 is 17.3 Å². The Morgan fingerprint density at radius 1 is 1.24 bits per heavy atom. The summed E-state index contributed by atoms with van der Waals surface area (Å²) in [6.07, 6.45) is 10.3. The molecule has 0 saturated carbocycles. The van der Waals surface area contributed by atoms with E-state index in [1.54, 1.807) is 12.4 Å². The number of imidazole rings is 1. The molecule has 0 bridgehead atoms. The van der Waals surface area contributed by atoms with Crippen LogP contribution in [0.3, 0.4) is 0 Å². The second kappa shape index (κ2) is 6.21. The van der Waals surface area contributed by atoms with E-state index in [0.29, 0.717) is 6.54 Å². The monoisotopic (exact) mass is 282 g/mol. The Morgan fingerprint density at radius 2 is 2.19 bits per heavy atom. The maximum Gasteiger partial charge on any atom is 0.180 e. The number of anilines is 2. The first kappa shape index (κ1) is 13.4. The Balaban J connectivity index is 1.83. The molecule has 0 aliphatic heterocycles. The van der Waals surface area contributed by atoms with Gasteiger partial charge in [0.25, 0.3) is 0 Å². The summed E-state index contributed by atoms with van der Waals surface area (Å²) in [6.45, 7) is 3.69. The van der Waals surface area contributed by atoms with Crippen molar-refractivity contribution in [3.8, 4) is 0 Å². The maximum atomic E-state index is 4.60. The summed E-state index contributed by atoms with van der Waals surface area (Å²) >= 11 is 0. The van der Waals surface area contributed by atoms with Crippen LogP contribution in [0.25, 0.3) is 5.65 Å². The van der Waals surface area contributed by atoms with Crippen molar-refractivity contribution in [1.29, 1.82) is 0 Å². The van der Waals surface area contributed by atoms with Crippen LogP contribution in [0.15, 0.2) is 43.1 Å². The highest BCUT2D eigenvalue weighted by Gasteiger charge is 2.07. The van der Waals surface area contributed by atoms with Gasteiger partial charge in [-0.2, -0.15) is 0 Å². The van der Waals surface area contributed by atoms with Gasteiger partial charge in [-0.05, 0) is 18.1 Å². The molecule has 0 aromatic carbocycles. The molecule has 0 aliphatic rings. The third-order valence-electron chi connectivity index (χ3n) is 3.11. The number of fused-ring (bicyclic) bond motifs is 1. The summed E-state index contributed by atoms with van der Waals surface area (Å²) < 4.78 is 1.97. The molecule has 3 aromatic heterocycles. The lowest BCUT2D eigenvalue weighted by Crippen LogP contribution is -2.08. The standard InChI is InChI=1S/C15H18N6/c1-2-5-17-13-11-21-8-7-18-15(21)14(20-13)19-10-12-4-3-6-16-9-12/h3-4,6-9,11,17H,2,5,10H2,1H3,(H,19,20). The maximum absolute atomic E-state index is 4.60. The number of hydrogen-bond donors (Lipinski definition) is 2. The first-order chi connectivity index (χ1) is 10.4. The third kappa shape index (κ3) is 3.10. The molecule has 2 N–H and O–H groups in total. The van der Waals surface area contributed by atoms with Crippen LogP contribution in [0.2, 0.25) is 0 Å². The average Bonchev–Trinajstić information content (AvgIpc) is 3.00. The molecule has 21 heavy (non-hydrogen) atoms. The van der Waals surface area contributed by atoms with E-state index in [1.165, 1.54) is 0 Å². The zero-order valence-electron chi connectivity index (χ0n) is 12.0. The molecule has 3 heterocycles. The van der Waals surface area contributed by atoms with Crippen molar-refractivity contribution in [3.05, 3.63) is 48.7 Å². The number of aromatic nitrogens is 4. The number of rotatable bonds is 6. The molecule has 0 fully saturated rings. The highest BCUT2D eigenvalue weighted by molar-refractivity contribution is 5.65. The fourth-order valence-corrected chi connectivity index (χ4v) is 2.08. The molecule has 0 radical (unpaired) electrons. The normalized spacial score (nSPS) is 10.7. The van der Waals surface area contributed by atoms with Gasteiger partial charge in [0.05, 0.1) is 6.20 Å². The zero-order chi connectivity index (χ0) is 14.5. The van der Waals surface area contributed by atoms with Crippen LogP contribution in [0.1, 0.15) is 18.9 Å². The quantitative estimate of drug-likeness (QED) is 0.727. The molecule has 0 atom stereocenters. The van der Waals surface area contributed by atoms with Crippen molar-refractivity contribution in [2.45, 2.75) is 19.9 Å². The van der Waals surface area contributed by atoms with Crippen LogP contribution in [0, 0.1) is 0 Å². The second-order valence-electron chi connectivity index (χ2n) is 4.77. The Morgan fingerprint density at radius 3 is 3.00 bits per heavy atom. The fraction of sp³-hybridized carbons (Fsp3) is 0.267. The summed E-state index contributed by atoms with van der Waals surface area (Å²) in [4.78, 5) is 13.1. The molecule has 3 aromatic rings. The summed E-state index contributed by atoms with van der Waals surface area (Å²) in [6, 6.07) is 3.96. The number of nitrogens with one attached hydrogen (secondary N) is 2. The van der Waals surface area contributed by atoms with E-state index in [4.69, 9.17) is 0 Å². The van der Waals surface area contributed by atoms with Gasteiger partial charge >= 0.3 is 0 Å². The molecule has 0 saturated heterocycles. The van der Waals surface area contributed by atoms with Crippen molar-refractivity contribution < 1.29 is 0 Å². The van der Waals surface area contributed by atoms with Gasteiger partial charge in [0.2, 0.25) is 0 Å². The Labute approximate surface area is 123 Å². The van der Waals surface area contributed by atoms with Gasteiger partial charge in [0, 0.05) is 37.9 Å². The predicted octanol–water partition coefficient (Wildman–Crippen LogP) is 2.56. The highest BCUT2D eigenvalue weighted by atomic mass is 15.1. The molecule has 6 heteroatoms. The van der Waals surface area contributed by atoms with E-state index in [9.17, 15) is 0 Å². The smallest absolute Gasteiger partial charge is 0.180 e. The fourth-order valence-electron chi connectivity index (χ4n) is 2.08. The van der Waals surface area contributed by atoms with Crippen LogP contribution < -0.4 is 10.6 Å². The first-order valence-corrected chi connectivity index (χ1v) is 7.07. The van der Waals surface area contributed by atoms with E-state index in [0.717, 1.165) is 35.8 Å². The molecule has 0 amide bonds. The Kier molecular flexibility index (Phi) is 3.95. The average molecular weight is 282 g/mol. The second-order valence-corrected chi connectivity index (χ2v) is 4.77. The van der Waals surface area contributed by atoms with Gasteiger partial charge < -0.3 is 15.0 Å². The minimum atomic E-state index is 0.667. The molecule has 0 spiro atoms. The van der Waals surface area contributed by atoms with Crippen molar-refractivity contribution in [2.75, 3.05) is 17.2 Å². The molecule has 3 rings (SSSR count). The van der Waals surface area contributed by atoms with Crippen molar-refractivity contribution in [2.24, 2.45) is 0 Å². The largest absolute Gasteiger partial charge is 0.369 e. The van der Waals surface area contributed by atoms with Crippen LogP contribution in [0.5, 0.6) is 0 Å². The molecule has 0 unspecified atom stereocenters.